The van der Waals surface area contributed by atoms with Gasteiger partial charge in [-0.05, 0) is 12.8 Å². The molecule has 2 aliphatic rings. The number of fused-ring (bicyclic) bond motifs is 1. The van der Waals surface area contributed by atoms with Crippen LogP contribution in [0, 0.1) is 0 Å². The number of alkyl halides is 1. The van der Waals surface area contributed by atoms with Crippen LogP contribution < -0.4 is 0 Å². The van der Waals surface area contributed by atoms with Gasteiger partial charge in [0.25, 0.3) is 0 Å². The Bertz CT molecular complexity index is 286. The van der Waals surface area contributed by atoms with Gasteiger partial charge in [-0.25, -0.2) is 0 Å². The standard InChI is InChI=1S/C12H19BrO5/c13-5-3-1-2-4-10(15)18-9-7-17-11-8(14)6-16-12(9)11/h8-9,11-12,14H,1-7H2/t8-,9-,11-,12-/m1/s1. The van der Waals surface area contributed by atoms with E-state index in [0.717, 1.165) is 24.6 Å². The molecular formula is C12H19BrO5. The summed E-state index contributed by atoms with van der Waals surface area (Å²) in [7, 11) is 0. The second kappa shape index (κ2) is 6.84. The normalized spacial score (nSPS) is 34.6. The van der Waals surface area contributed by atoms with Crippen molar-refractivity contribution in [2.24, 2.45) is 0 Å². The highest BCUT2D eigenvalue weighted by Gasteiger charge is 2.48. The Hall–Kier alpha value is -0.170. The topological polar surface area (TPSA) is 65.0 Å². The molecule has 5 nitrogen and oxygen atoms in total. The average molecular weight is 323 g/mol. The van der Waals surface area contributed by atoms with Crippen LogP contribution in [0.5, 0.6) is 0 Å². The highest BCUT2D eigenvalue weighted by molar-refractivity contribution is 9.09. The molecule has 4 atom stereocenters. The molecule has 0 saturated carbocycles. The Morgan fingerprint density at radius 1 is 1.22 bits per heavy atom. The van der Waals surface area contributed by atoms with Crippen molar-refractivity contribution >= 4 is 21.9 Å². The maximum Gasteiger partial charge on any atom is 0.306 e. The van der Waals surface area contributed by atoms with Gasteiger partial charge in [0.05, 0.1) is 13.2 Å². The molecule has 0 bridgehead atoms. The van der Waals surface area contributed by atoms with Gasteiger partial charge in [0.2, 0.25) is 0 Å². The lowest BCUT2D eigenvalue weighted by Crippen LogP contribution is -2.34. The van der Waals surface area contributed by atoms with Crippen LogP contribution in [0.2, 0.25) is 0 Å². The summed E-state index contributed by atoms with van der Waals surface area (Å²) in [6, 6.07) is 0. The number of hydrogen-bond donors (Lipinski definition) is 1. The first kappa shape index (κ1) is 14.2. The van der Waals surface area contributed by atoms with E-state index in [0.29, 0.717) is 13.0 Å². The van der Waals surface area contributed by atoms with Crippen molar-refractivity contribution in [3.05, 3.63) is 0 Å². The molecule has 0 unspecified atom stereocenters. The Morgan fingerprint density at radius 2 is 2.00 bits per heavy atom. The molecule has 0 spiro atoms. The summed E-state index contributed by atoms with van der Waals surface area (Å²) in [5.41, 5.74) is 0. The lowest BCUT2D eigenvalue weighted by molar-refractivity contribution is -0.153. The molecule has 2 fully saturated rings. The van der Waals surface area contributed by atoms with E-state index in [2.05, 4.69) is 15.9 Å². The van der Waals surface area contributed by atoms with Gasteiger partial charge in [-0.15, -0.1) is 0 Å². The van der Waals surface area contributed by atoms with E-state index >= 15 is 0 Å². The van der Waals surface area contributed by atoms with Crippen LogP contribution in [0.4, 0.5) is 0 Å². The van der Waals surface area contributed by atoms with E-state index < -0.39 is 6.10 Å². The number of hydrogen-bond acceptors (Lipinski definition) is 5. The fraction of sp³-hybridized carbons (Fsp3) is 0.917. The molecule has 0 aromatic rings. The van der Waals surface area contributed by atoms with E-state index in [1.807, 2.05) is 0 Å². The smallest absolute Gasteiger partial charge is 0.306 e. The molecule has 2 heterocycles. The summed E-state index contributed by atoms with van der Waals surface area (Å²) in [6.07, 6.45) is 1.76. The van der Waals surface area contributed by atoms with Gasteiger partial charge in [0.1, 0.15) is 18.3 Å². The predicted molar refractivity (Wildman–Crippen MR) is 67.6 cm³/mol. The van der Waals surface area contributed by atoms with Crippen molar-refractivity contribution < 1.29 is 24.1 Å². The van der Waals surface area contributed by atoms with Gasteiger partial charge >= 0.3 is 5.97 Å². The number of unbranched alkanes of at least 4 members (excludes halogenated alkanes) is 2. The number of rotatable bonds is 6. The molecule has 18 heavy (non-hydrogen) atoms. The molecule has 0 aromatic carbocycles. The van der Waals surface area contributed by atoms with Crippen LogP contribution in [0.3, 0.4) is 0 Å². The molecule has 0 amide bonds. The van der Waals surface area contributed by atoms with E-state index in [-0.39, 0.29) is 30.9 Å². The third-order valence-electron chi connectivity index (χ3n) is 3.28. The molecule has 0 aromatic heterocycles. The third-order valence-corrected chi connectivity index (χ3v) is 3.84. The number of aliphatic hydroxyl groups excluding tert-OH is 1. The Balaban J connectivity index is 1.68. The molecule has 1 N–H and O–H groups in total. The number of carbonyl (C=O) groups excluding carboxylic acids is 1. The fourth-order valence-corrected chi connectivity index (χ4v) is 2.71. The van der Waals surface area contributed by atoms with Gasteiger partial charge in [-0.1, -0.05) is 22.4 Å². The monoisotopic (exact) mass is 322 g/mol. The van der Waals surface area contributed by atoms with Gasteiger partial charge in [-0.2, -0.15) is 0 Å². The molecule has 0 aliphatic carbocycles. The second-order valence-electron chi connectivity index (χ2n) is 4.69. The Labute approximate surface area is 115 Å². The third kappa shape index (κ3) is 3.44. The fourth-order valence-electron chi connectivity index (χ4n) is 2.31. The largest absolute Gasteiger partial charge is 0.457 e. The minimum absolute atomic E-state index is 0.205. The van der Waals surface area contributed by atoms with Crippen molar-refractivity contribution in [3.8, 4) is 0 Å². The quantitative estimate of drug-likeness (QED) is 0.449. The minimum Gasteiger partial charge on any atom is -0.457 e. The van der Waals surface area contributed by atoms with E-state index in [1.54, 1.807) is 0 Å². The van der Waals surface area contributed by atoms with Crippen LogP contribution in [-0.4, -0.2) is 54.0 Å². The Morgan fingerprint density at radius 3 is 2.78 bits per heavy atom. The summed E-state index contributed by atoms with van der Waals surface area (Å²) >= 11 is 3.35. The number of ether oxygens (including phenoxy) is 3. The second-order valence-corrected chi connectivity index (χ2v) is 5.48. The van der Waals surface area contributed by atoms with Crippen molar-refractivity contribution in [1.29, 1.82) is 0 Å². The first-order valence-corrected chi connectivity index (χ1v) is 7.51. The first-order valence-electron chi connectivity index (χ1n) is 6.39. The van der Waals surface area contributed by atoms with Gasteiger partial charge < -0.3 is 19.3 Å². The lowest BCUT2D eigenvalue weighted by Gasteiger charge is -2.16. The summed E-state index contributed by atoms with van der Waals surface area (Å²) in [4.78, 5) is 11.6. The summed E-state index contributed by atoms with van der Waals surface area (Å²) in [6.45, 7) is 0.578. The van der Waals surface area contributed by atoms with Crippen molar-refractivity contribution in [2.75, 3.05) is 18.5 Å². The number of esters is 1. The molecule has 2 saturated heterocycles. The van der Waals surface area contributed by atoms with Crippen molar-refractivity contribution in [3.63, 3.8) is 0 Å². The maximum atomic E-state index is 11.6. The van der Waals surface area contributed by atoms with E-state index in [4.69, 9.17) is 14.2 Å². The molecule has 6 heteroatoms. The average Bonchev–Trinajstić information content (AvgIpc) is 2.90. The first-order chi connectivity index (χ1) is 8.72. The van der Waals surface area contributed by atoms with Crippen LogP contribution in [0.25, 0.3) is 0 Å². The zero-order valence-electron chi connectivity index (χ0n) is 10.2. The van der Waals surface area contributed by atoms with E-state index in [9.17, 15) is 9.90 Å². The molecule has 2 aliphatic heterocycles. The SMILES string of the molecule is O=C(CCCCCBr)O[C@@H]1CO[C@H]2[C@@H]1OC[C@H]2O. The summed E-state index contributed by atoms with van der Waals surface area (Å²) in [5.74, 6) is -0.205. The number of halogens is 1. The van der Waals surface area contributed by atoms with Gasteiger partial charge in [0.15, 0.2) is 6.10 Å². The summed E-state index contributed by atoms with van der Waals surface area (Å²) < 4.78 is 16.1. The molecule has 2 rings (SSSR count). The van der Waals surface area contributed by atoms with Crippen LogP contribution >= 0.6 is 15.9 Å². The minimum atomic E-state index is -0.599. The highest BCUT2D eigenvalue weighted by Crippen LogP contribution is 2.29. The molecule has 104 valence electrons. The summed E-state index contributed by atoms with van der Waals surface area (Å²) in [5, 5.41) is 10.5. The maximum absolute atomic E-state index is 11.6. The zero-order valence-corrected chi connectivity index (χ0v) is 11.8. The van der Waals surface area contributed by atoms with Crippen molar-refractivity contribution in [2.45, 2.75) is 50.1 Å². The molecule has 0 radical (unpaired) electrons. The zero-order chi connectivity index (χ0) is 13.0. The van der Waals surface area contributed by atoms with E-state index in [1.165, 1.54) is 0 Å². The van der Waals surface area contributed by atoms with Gasteiger partial charge in [0, 0.05) is 11.8 Å². The lowest BCUT2D eigenvalue weighted by atomic mass is 10.1. The number of carbonyl (C=O) groups is 1. The van der Waals surface area contributed by atoms with Crippen molar-refractivity contribution in [1.82, 2.24) is 0 Å². The number of aliphatic hydroxyl groups is 1. The Kier molecular flexibility index (Phi) is 5.41. The van der Waals surface area contributed by atoms with Crippen LogP contribution in [0.1, 0.15) is 25.7 Å². The highest BCUT2D eigenvalue weighted by atomic mass is 79.9. The molecular weight excluding hydrogens is 304 g/mol. The van der Waals surface area contributed by atoms with Crippen LogP contribution in [-0.2, 0) is 19.0 Å². The van der Waals surface area contributed by atoms with Crippen LogP contribution in [0.15, 0.2) is 0 Å². The predicted octanol–water partition coefficient (Wildman–Crippen LogP) is 1.01. The van der Waals surface area contributed by atoms with Gasteiger partial charge in [-0.3, -0.25) is 4.79 Å².